The van der Waals surface area contributed by atoms with Gasteiger partial charge in [-0.3, -0.25) is 9.59 Å². The molecule has 232 valence electrons. The van der Waals surface area contributed by atoms with Crippen LogP contribution in [0.3, 0.4) is 0 Å². The fourth-order valence-corrected chi connectivity index (χ4v) is 4.71. The van der Waals surface area contributed by atoms with Gasteiger partial charge in [-0.1, -0.05) is 72.8 Å². The number of carbonyl (C=O) groups excluding carboxylic acids is 4. The molecular weight excluding hydrogens is 702 g/mol. The van der Waals surface area contributed by atoms with Crippen molar-refractivity contribution in [2.75, 3.05) is 14.2 Å². The standard InChI is InChI=1S/C27H19N3O2P2.2C2H5NO2.2V/c31-16-33-26-14-13-24(29-26)22-9-5-20(6-10-22)18-1-3-19(4-2-18)21-7-11-23(12-8-21)25-15-28-27(30-25)34-17-32;2*1-5-2(3)4;;/h1-15,29,33-34H,(H,28,30);2*1H3,(H2,3,4);;/q-2;;;2*+2/p-2. The summed E-state index contributed by atoms with van der Waals surface area (Å²) in [6, 6.07) is 32.9. The van der Waals surface area contributed by atoms with Gasteiger partial charge in [0, 0.05) is 11.1 Å². The molecule has 5 aromatic rings. The Hall–Kier alpha value is -3.94. The Morgan fingerprint density at radius 3 is 1.35 bits per heavy atom. The number of aromatic amines is 2. The Kier molecular flexibility index (Phi) is 18.3. The van der Waals surface area contributed by atoms with Crippen LogP contribution in [0.15, 0.2) is 91.1 Å². The first-order chi connectivity index (χ1) is 21.3. The third kappa shape index (κ3) is 12.5. The summed E-state index contributed by atoms with van der Waals surface area (Å²) >= 11 is 0. The Bertz CT molecular complexity index is 1550. The maximum atomic E-state index is 10.6. The minimum atomic E-state index is -0.995. The molecule has 0 fully saturated rings. The molecule has 2 aromatic heterocycles. The average Bonchev–Trinajstić information content (AvgIpc) is 3.72. The van der Waals surface area contributed by atoms with Crippen molar-refractivity contribution in [1.82, 2.24) is 15.0 Å². The van der Waals surface area contributed by atoms with Crippen LogP contribution in [0.4, 0.5) is 9.59 Å². The molecular formula is C31H27N5O6P2V2. The molecule has 5 rings (SSSR count). The van der Waals surface area contributed by atoms with Crippen LogP contribution >= 0.6 is 17.2 Å². The van der Waals surface area contributed by atoms with Crippen molar-refractivity contribution >= 4 is 52.4 Å². The van der Waals surface area contributed by atoms with Gasteiger partial charge in [-0.05, 0) is 45.5 Å². The van der Waals surface area contributed by atoms with Crippen molar-refractivity contribution in [2.45, 2.75) is 0 Å². The molecule has 46 heavy (non-hydrogen) atoms. The fourth-order valence-electron chi connectivity index (χ4n) is 3.81. The van der Waals surface area contributed by atoms with Crippen molar-refractivity contribution in [1.29, 1.82) is 0 Å². The van der Waals surface area contributed by atoms with Gasteiger partial charge in [-0.2, -0.15) is 8.58 Å². The van der Waals surface area contributed by atoms with E-state index >= 15 is 0 Å². The van der Waals surface area contributed by atoms with Crippen LogP contribution in [0.25, 0.3) is 56.2 Å². The van der Waals surface area contributed by atoms with Crippen molar-refractivity contribution in [3.63, 3.8) is 0 Å². The van der Waals surface area contributed by atoms with Crippen molar-refractivity contribution in [2.24, 2.45) is 0 Å². The second kappa shape index (κ2) is 21.0. The van der Waals surface area contributed by atoms with Crippen LogP contribution in [0, 0.1) is 0 Å². The molecule has 0 aliphatic carbocycles. The van der Waals surface area contributed by atoms with Gasteiger partial charge >= 0.3 is 37.1 Å². The van der Waals surface area contributed by atoms with E-state index in [4.69, 9.17) is 11.5 Å². The number of methoxy groups -OCH3 is 2. The molecule has 0 bridgehead atoms. The molecule has 2 atom stereocenters. The number of ether oxygens (including phenoxy) is 2. The first-order valence-electron chi connectivity index (χ1n) is 12.7. The average molecular weight is 729 g/mol. The zero-order chi connectivity index (χ0) is 31.9. The van der Waals surface area contributed by atoms with Crippen LogP contribution < -0.4 is 11.0 Å². The van der Waals surface area contributed by atoms with Gasteiger partial charge < -0.3 is 40.5 Å². The van der Waals surface area contributed by atoms with Crippen LogP contribution in [-0.2, 0) is 56.2 Å². The maximum Gasteiger partial charge on any atom is 2.00 e. The number of imidazole rings is 1. The number of benzene rings is 3. The summed E-state index contributed by atoms with van der Waals surface area (Å²) in [5.74, 6) is 0. The predicted octanol–water partition coefficient (Wildman–Crippen LogP) is 6.75. The van der Waals surface area contributed by atoms with Gasteiger partial charge in [-0.15, -0.1) is 0 Å². The smallest absolute Gasteiger partial charge is 0.632 e. The van der Waals surface area contributed by atoms with E-state index in [0.717, 1.165) is 64.4 Å². The summed E-state index contributed by atoms with van der Waals surface area (Å²) in [5.41, 5.74) is 22.0. The Labute approximate surface area is 293 Å². The molecule has 2 unspecified atom stereocenters. The van der Waals surface area contributed by atoms with E-state index < -0.39 is 12.2 Å². The monoisotopic (exact) mass is 729 g/mol. The Morgan fingerprint density at radius 2 is 0.978 bits per heavy atom. The SMILES string of the molecule is COC([NH-])=O.COC([NH-])=O.O=[C-]Pc1ccc(-c2ccc(-c3ccc(-c4ccc(-c5cnc(P[C-]=O)[nH]5)cc4)cc3)cc2)[nH]1.[V+2].[V+2]. The van der Waals surface area contributed by atoms with E-state index in [-0.39, 0.29) is 54.3 Å². The Balaban J connectivity index is 0.000000773. The largest absolute Gasteiger partial charge is 2.00 e. The van der Waals surface area contributed by atoms with Gasteiger partial charge in [0.1, 0.15) is 0 Å². The zero-order valence-electron chi connectivity index (χ0n) is 24.5. The summed E-state index contributed by atoms with van der Waals surface area (Å²) in [5, 5.41) is 0. The summed E-state index contributed by atoms with van der Waals surface area (Å²) in [6.07, 6.45) is -0.247. The van der Waals surface area contributed by atoms with Crippen LogP contribution in [0.1, 0.15) is 0 Å². The van der Waals surface area contributed by atoms with E-state index in [2.05, 4.69) is 85.1 Å². The molecule has 3 aromatic carbocycles. The zero-order valence-corrected chi connectivity index (χ0v) is 29.2. The summed E-state index contributed by atoms with van der Waals surface area (Å²) in [4.78, 5) is 50.3. The summed E-state index contributed by atoms with van der Waals surface area (Å²) < 4.78 is 7.56. The summed E-state index contributed by atoms with van der Waals surface area (Å²) in [6.45, 7) is 0. The van der Waals surface area contributed by atoms with Gasteiger partial charge in [0.05, 0.1) is 31.7 Å². The van der Waals surface area contributed by atoms with Crippen molar-refractivity contribution in [3.8, 4) is 44.8 Å². The van der Waals surface area contributed by atoms with E-state index in [1.165, 1.54) is 0 Å². The number of nitrogens with zero attached hydrogens (tertiary/aromatic N) is 1. The minimum absolute atomic E-state index is 0. The van der Waals surface area contributed by atoms with Crippen molar-refractivity contribution in [3.05, 3.63) is 103 Å². The first-order valence-corrected chi connectivity index (χ1v) is 14.7. The number of aromatic nitrogens is 3. The van der Waals surface area contributed by atoms with E-state index in [9.17, 15) is 19.2 Å². The van der Waals surface area contributed by atoms with Gasteiger partial charge in [0.2, 0.25) is 12.2 Å². The first kappa shape index (κ1) is 40.1. The van der Waals surface area contributed by atoms with Crippen LogP contribution in [-0.4, -0.2) is 53.4 Å². The molecule has 4 N–H and O–H groups in total. The number of hydrogen-bond donors (Lipinski definition) is 2. The fraction of sp³-hybridized carbons (Fsp3) is 0.0645. The second-order valence-electron chi connectivity index (χ2n) is 8.60. The molecule has 0 aliphatic heterocycles. The van der Waals surface area contributed by atoms with Crippen LogP contribution in [0.5, 0.6) is 0 Å². The van der Waals surface area contributed by atoms with Gasteiger partial charge in [0.25, 0.3) is 0 Å². The number of nitrogens with one attached hydrogen (secondary N) is 4. The summed E-state index contributed by atoms with van der Waals surface area (Å²) in [7, 11) is 2.27. The quantitative estimate of drug-likeness (QED) is 0.131. The number of amides is 2. The van der Waals surface area contributed by atoms with Crippen LogP contribution in [0.2, 0.25) is 0 Å². The van der Waals surface area contributed by atoms with Crippen molar-refractivity contribution < 1.29 is 65.8 Å². The van der Waals surface area contributed by atoms with E-state index in [1.54, 1.807) is 6.20 Å². The number of carbonyl (C=O) groups is 2. The molecule has 0 spiro atoms. The molecule has 2 amide bonds. The van der Waals surface area contributed by atoms with E-state index in [1.807, 2.05) is 36.3 Å². The molecule has 0 aliphatic rings. The number of H-pyrrole nitrogens is 2. The third-order valence-electron chi connectivity index (χ3n) is 5.93. The molecule has 15 heteroatoms. The second-order valence-corrected chi connectivity index (χ2v) is 10.5. The predicted molar refractivity (Wildman–Crippen MR) is 175 cm³/mol. The van der Waals surface area contributed by atoms with Gasteiger partial charge in [-0.25, -0.2) is 25.6 Å². The topological polar surface area (TPSA) is 179 Å². The maximum absolute atomic E-state index is 10.6. The normalized spacial score (nSPS) is 9.96. The number of rotatable bonds is 8. The molecule has 11 nitrogen and oxygen atoms in total. The van der Waals surface area contributed by atoms with Gasteiger partial charge in [0.15, 0.2) is 0 Å². The molecule has 0 saturated carbocycles. The molecule has 2 heterocycles. The molecule has 2 radical (unpaired) electrons. The Morgan fingerprint density at radius 1 is 0.609 bits per heavy atom. The third-order valence-corrected chi connectivity index (χ3v) is 7.19. The minimum Gasteiger partial charge on any atom is -0.632 e. The van der Waals surface area contributed by atoms with E-state index in [0.29, 0.717) is 5.57 Å². The molecule has 0 saturated heterocycles. The number of hydrogen-bond acceptors (Lipinski definition) is 7.